The predicted molar refractivity (Wildman–Crippen MR) is 102 cm³/mol. The van der Waals surface area contributed by atoms with Gasteiger partial charge in [0.15, 0.2) is 0 Å². The van der Waals surface area contributed by atoms with Crippen molar-refractivity contribution in [2.75, 3.05) is 0 Å². The summed E-state index contributed by atoms with van der Waals surface area (Å²) in [6.45, 7) is 10.00. The number of fused-ring (bicyclic) bond motifs is 1. The molecule has 0 saturated carbocycles. The van der Waals surface area contributed by atoms with Crippen LogP contribution in [0, 0.1) is 6.92 Å². The van der Waals surface area contributed by atoms with E-state index in [4.69, 9.17) is 9.31 Å². The number of nitrogens with zero attached hydrogens (tertiary/aromatic N) is 2. The Kier molecular flexibility index (Phi) is 3.98. The van der Waals surface area contributed by atoms with E-state index in [1.54, 1.807) is 4.68 Å². The number of hydrogen-bond acceptors (Lipinski definition) is 5. The summed E-state index contributed by atoms with van der Waals surface area (Å²) < 4.78 is 14.2. The van der Waals surface area contributed by atoms with Crippen molar-refractivity contribution in [1.82, 2.24) is 15.1 Å². The first-order valence-corrected chi connectivity index (χ1v) is 9.28. The van der Waals surface area contributed by atoms with Crippen LogP contribution in [0.1, 0.15) is 52.3 Å². The summed E-state index contributed by atoms with van der Waals surface area (Å²) in [4.78, 5) is 23.8. The minimum absolute atomic E-state index is 0.234. The number of rotatable bonds is 2. The fraction of sp³-hybridized carbons (Fsp3) is 0.526. The molecule has 7 nitrogen and oxygen atoms in total. The molecule has 27 heavy (non-hydrogen) atoms. The van der Waals surface area contributed by atoms with Crippen LogP contribution in [0.4, 0.5) is 0 Å². The van der Waals surface area contributed by atoms with E-state index >= 15 is 0 Å². The average molecular weight is 369 g/mol. The third kappa shape index (κ3) is 2.78. The molecule has 1 N–H and O–H groups in total. The van der Waals surface area contributed by atoms with E-state index in [0.717, 1.165) is 22.1 Å². The van der Waals surface area contributed by atoms with Crippen molar-refractivity contribution in [1.29, 1.82) is 0 Å². The molecular weight excluding hydrogens is 345 g/mol. The number of aryl methyl sites for hydroxylation is 1. The molecule has 2 aliphatic heterocycles. The van der Waals surface area contributed by atoms with E-state index < -0.39 is 24.4 Å². The Bertz CT molecular complexity index is 934. The van der Waals surface area contributed by atoms with Crippen molar-refractivity contribution in [3.63, 3.8) is 0 Å². The molecule has 0 radical (unpaired) electrons. The highest BCUT2D eigenvalue weighted by Crippen LogP contribution is 2.37. The summed E-state index contributed by atoms with van der Waals surface area (Å²) >= 11 is 0. The number of hydrogen-bond donors (Lipinski definition) is 1. The minimum Gasteiger partial charge on any atom is -0.399 e. The number of amides is 2. The summed E-state index contributed by atoms with van der Waals surface area (Å²) in [6, 6.07) is 5.35. The van der Waals surface area contributed by atoms with Crippen molar-refractivity contribution < 1.29 is 18.9 Å². The lowest BCUT2D eigenvalue weighted by Gasteiger charge is -2.32. The quantitative estimate of drug-likeness (QED) is 0.643. The first-order valence-electron chi connectivity index (χ1n) is 9.28. The lowest BCUT2D eigenvalue weighted by atomic mass is 9.76. The van der Waals surface area contributed by atoms with Gasteiger partial charge in [0.25, 0.3) is 5.91 Å². The highest BCUT2D eigenvalue weighted by Gasteiger charge is 2.52. The topological polar surface area (TPSA) is 82.5 Å². The van der Waals surface area contributed by atoms with Crippen LogP contribution < -0.4 is 10.8 Å². The number of aromatic nitrogens is 2. The van der Waals surface area contributed by atoms with Crippen LogP contribution >= 0.6 is 0 Å². The number of nitrogens with one attached hydrogen (secondary N) is 1. The zero-order chi connectivity index (χ0) is 19.6. The van der Waals surface area contributed by atoms with E-state index in [0.29, 0.717) is 12.8 Å². The second-order valence-electron chi connectivity index (χ2n) is 8.33. The van der Waals surface area contributed by atoms with Crippen molar-refractivity contribution in [2.24, 2.45) is 0 Å². The minimum atomic E-state index is -0.503. The predicted octanol–water partition coefficient (Wildman–Crippen LogP) is 1.62. The van der Waals surface area contributed by atoms with Crippen molar-refractivity contribution in [3.8, 4) is 0 Å². The van der Waals surface area contributed by atoms with E-state index in [-0.39, 0.29) is 11.8 Å². The summed E-state index contributed by atoms with van der Waals surface area (Å²) in [6.07, 6.45) is 0.759. The highest BCUT2D eigenvalue weighted by atomic mass is 16.7. The molecule has 0 spiro atoms. The molecule has 1 aromatic carbocycles. The zero-order valence-electron chi connectivity index (χ0n) is 16.3. The van der Waals surface area contributed by atoms with Gasteiger partial charge in [-0.05, 0) is 52.6 Å². The molecule has 2 aliphatic rings. The van der Waals surface area contributed by atoms with Crippen LogP contribution in [-0.2, 0) is 18.9 Å². The molecule has 1 aromatic heterocycles. The maximum atomic E-state index is 12.3. The van der Waals surface area contributed by atoms with E-state index in [1.165, 1.54) is 0 Å². The molecule has 1 atom stereocenters. The van der Waals surface area contributed by atoms with Gasteiger partial charge in [-0.15, -0.1) is 0 Å². The van der Waals surface area contributed by atoms with Crippen LogP contribution in [0.2, 0.25) is 0 Å². The summed E-state index contributed by atoms with van der Waals surface area (Å²) in [7, 11) is -0.503. The van der Waals surface area contributed by atoms with Crippen LogP contribution in [0.5, 0.6) is 0 Å². The van der Waals surface area contributed by atoms with Gasteiger partial charge < -0.3 is 9.31 Å². The molecule has 8 heteroatoms. The van der Waals surface area contributed by atoms with Gasteiger partial charge in [-0.1, -0.05) is 12.1 Å². The third-order valence-electron chi connectivity index (χ3n) is 5.95. The normalized spacial score (nSPS) is 24.5. The fourth-order valence-corrected chi connectivity index (χ4v) is 3.73. The maximum Gasteiger partial charge on any atom is 0.495 e. The van der Waals surface area contributed by atoms with Gasteiger partial charge in [0, 0.05) is 11.8 Å². The Labute approximate surface area is 158 Å². The van der Waals surface area contributed by atoms with Crippen molar-refractivity contribution in [2.45, 2.75) is 64.7 Å². The Balaban J connectivity index is 1.79. The van der Waals surface area contributed by atoms with Crippen LogP contribution in [0.25, 0.3) is 10.9 Å². The molecule has 2 fully saturated rings. The van der Waals surface area contributed by atoms with Gasteiger partial charge in [-0.2, -0.15) is 5.10 Å². The van der Waals surface area contributed by atoms with Crippen LogP contribution in [0.15, 0.2) is 18.2 Å². The molecule has 0 bridgehead atoms. The van der Waals surface area contributed by atoms with Gasteiger partial charge >= 0.3 is 7.12 Å². The van der Waals surface area contributed by atoms with Gasteiger partial charge in [0.05, 0.1) is 22.4 Å². The highest BCUT2D eigenvalue weighted by molar-refractivity contribution is 6.65. The maximum absolute atomic E-state index is 12.3. The number of benzene rings is 1. The lowest BCUT2D eigenvalue weighted by Crippen LogP contribution is -2.42. The molecular formula is C19H24BN3O4. The van der Waals surface area contributed by atoms with E-state index in [9.17, 15) is 9.59 Å². The Morgan fingerprint density at radius 1 is 1.19 bits per heavy atom. The van der Waals surface area contributed by atoms with Crippen molar-refractivity contribution >= 4 is 35.3 Å². The Morgan fingerprint density at radius 3 is 2.48 bits per heavy atom. The average Bonchev–Trinajstić information content (AvgIpc) is 3.01. The van der Waals surface area contributed by atoms with Gasteiger partial charge in [-0.25, -0.2) is 0 Å². The second kappa shape index (κ2) is 5.91. The SMILES string of the molecule is Cc1nn(C2CCC(=O)NC2=O)c2cccc(B3OC(C)(C)C(C)(C)O3)c12. The smallest absolute Gasteiger partial charge is 0.399 e. The first kappa shape index (κ1) is 18.2. The molecule has 3 heterocycles. The second-order valence-corrected chi connectivity index (χ2v) is 8.33. The monoisotopic (exact) mass is 369 g/mol. The summed E-state index contributed by atoms with van der Waals surface area (Å²) in [5, 5.41) is 7.96. The van der Waals surface area contributed by atoms with Gasteiger partial charge in [0.2, 0.25) is 5.91 Å². The number of imide groups is 1. The van der Waals surface area contributed by atoms with Crippen LogP contribution in [-0.4, -0.2) is 39.9 Å². The summed E-state index contributed by atoms with van der Waals surface area (Å²) in [5.41, 5.74) is 1.68. The lowest BCUT2D eigenvalue weighted by molar-refractivity contribution is -0.135. The number of carbonyl (C=O) groups excluding carboxylic acids is 2. The number of carbonyl (C=O) groups is 2. The summed E-state index contributed by atoms with van der Waals surface area (Å²) in [5.74, 6) is -0.543. The van der Waals surface area contributed by atoms with Crippen LogP contribution in [0.3, 0.4) is 0 Å². The molecule has 1 unspecified atom stereocenters. The molecule has 2 amide bonds. The van der Waals surface area contributed by atoms with Gasteiger partial charge in [0.1, 0.15) is 6.04 Å². The molecule has 2 saturated heterocycles. The number of piperidine rings is 1. The standard InChI is InChI=1S/C19H24BN3O4/c1-11-16-12(20-26-18(2,3)19(4,5)27-20)7-6-8-13(16)23(22-11)14-9-10-15(24)21-17(14)25/h6-8,14H,9-10H2,1-5H3,(H,21,24,25). The van der Waals surface area contributed by atoms with E-state index in [2.05, 4.69) is 10.4 Å². The molecule has 142 valence electrons. The first-order chi connectivity index (χ1) is 12.6. The Morgan fingerprint density at radius 2 is 1.85 bits per heavy atom. The van der Waals surface area contributed by atoms with E-state index in [1.807, 2.05) is 52.8 Å². The molecule has 4 rings (SSSR count). The van der Waals surface area contributed by atoms with Gasteiger partial charge in [-0.3, -0.25) is 19.6 Å². The fourth-order valence-electron chi connectivity index (χ4n) is 3.73. The third-order valence-corrected chi connectivity index (χ3v) is 5.95. The van der Waals surface area contributed by atoms with Crippen molar-refractivity contribution in [3.05, 3.63) is 23.9 Å². The molecule has 2 aromatic rings. The molecule has 0 aliphatic carbocycles. The zero-order valence-corrected chi connectivity index (χ0v) is 16.3. The Hall–Kier alpha value is -2.19. The largest absolute Gasteiger partial charge is 0.495 e.